The molecule has 0 saturated carbocycles. The Hall–Kier alpha value is -2.02. The monoisotopic (exact) mass is 283 g/mol. The van der Waals surface area contributed by atoms with Crippen LogP contribution in [0.3, 0.4) is 0 Å². The largest absolute Gasteiger partial charge is 0.402 e. The molecular weight excluding hydrogens is 254 g/mol. The van der Waals surface area contributed by atoms with Crippen LogP contribution >= 0.6 is 0 Å². The van der Waals surface area contributed by atoms with Crippen molar-refractivity contribution >= 4 is 0 Å². The lowest BCUT2D eigenvalue weighted by Gasteiger charge is -2.10. The molecule has 0 unspecified atom stereocenters. The van der Waals surface area contributed by atoms with E-state index < -0.39 is 0 Å². The maximum absolute atomic E-state index is 6.07. The summed E-state index contributed by atoms with van der Waals surface area (Å²) in [7, 11) is 0. The van der Waals surface area contributed by atoms with Gasteiger partial charge in [0.15, 0.2) is 0 Å². The molecule has 0 aromatic heterocycles. The van der Waals surface area contributed by atoms with Crippen LogP contribution in [0.1, 0.15) is 40.5 Å². The Bertz CT molecular complexity index is 522. The van der Waals surface area contributed by atoms with Gasteiger partial charge in [0.05, 0.1) is 0 Å². The minimum atomic E-state index is 0.657. The van der Waals surface area contributed by atoms with Crippen molar-refractivity contribution in [3.8, 4) is 0 Å². The van der Waals surface area contributed by atoms with Gasteiger partial charge in [-0.1, -0.05) is 56.5 Å². The maximum atomic E-state index is 6.07. The van der Waals surface area contributed by atoms with E-state index in [0.29, 0.717) is 6.42 Å². The molecule has 1 nitrogen and oxygen atoms in total. The Morgan fingerprint density at radius 1 is 1.10 bits per heavy atom. The second kappa shape index (κ2) is 9.82. The van der Waals surface area contributed by atoms with Gasteiger partial charge in [-0.05, 0) is 55.6 Å². The van der Waals surface area contributed by atoms with E-state index in [2.05, 4.69) is 46.6 Å². The predicted octanol–water partition coefficient (Wildman–Crippen LogP) is 5.77. The van der Waals surface area contributed by atoms with Crippen molar-refractivity contribution in [2.24, 2.45) is 5.73 Å². The average Bonchev–Trinajstić information content (AvgIpc) is 2.43. The molecule has 2 N–H and O–H groups in total. The first-order valence-electron chi connectivity index (χ1n) is 7.29. The molecule has 0 heterocycles. The Morgan fingerprint density at radius 2 is 1.71 bits per heavy atom. The summed E-state index contributed by atoms with van der Waals surface area (Å²) in [4.78, 5) is 0. The molecule has 1 heteroatoms. The maximum Gasteiger partial charge on any atom is 0.0127 e. The predicted molar refractivity (Wildman–Crippen MR) is 96.9 cm³/mol. The zero-order chi connectivity index (χ0) is 16.4. The van der Waals surface area contributed by atoms with Crippen LogP contribution in [0.25, 0.3) is 0 Å². The lowest BCUT2D eigenvalue weighted by molar-refractivity contribution is 1.07. The first kappa shape index (κ1) is 19.0. The van der Waals surface area contributed by atoms with Gasteiger partial charge in [0, 0.05) is 12.1 Å². The highest BCUT2D eigenvalue weighted by molar-refractivity contribution is 5.45. The van der Waals surface area contributed by atoms with E-state index in [1.165, 1.54) is 5.57 Å². The third-order valence-electron chi connectivity index (χ3n) is 3.35. The highest BCUT2D eigenvalue weighted by atomic mass is 14.6. The molecule has 0 saturated heterocycles. The van der Waals surface area contributed by atoms with E-state index in [4.69, 9.17) is 5.73 Å². The van der Waals surface area contributed by atoms with Crippen molar-refractivity contribution in [3.05, 3.63) is 83.7 Å². The Balaban J connectivity index is 5.20. The summed E-state index contributed by atoms with van der Waals surface area (Å²) in [5.41, 5.74) is 12.6. The van der Waals surface area contributed by atoms with Crippen LogP contribution in [0.15, 0.2) is 83.7 Å². The molecule has 0 aliphatic carbocycles. The third kappa shape index (κ3) is 7.36. The summed E-state index contributed by atoms with van der Waals surface area (Å²) in [6.45, 7) is 20.1. The van der Waals surface area contributed by atoms with Gasteiger partial charge in [0.2, 0.25) is 0 Å². The third-order valence-corrected chi connectivity index (χ3v) is 3.35. The van der Waals surface area contributed by atoms with Gasteiger partial charge in [-0.15, -0.1) is 0 Å². The van der Waals surface area contributed by atoms with Crippen LogP contribution in [-0.4, -0.2) is 0 Å². The minimum Gasteiger partial charge on any atom is -0.402 e. The summed E-state index contributed by atoms with van der Waals surface area (Å²) in [6.07, 6.45) is 11.4. The molecule has 0 aliphatic heterocycles. The minimum absolute atomic E-state index is 0.657. The van der Waals surface area contributed by atoms with Gasteiger partial charge < -0.3 is 5.73 Å². The number of nitrogens with two attached hydrogens (primary N) is 1. The van der Waals surface area contributed by atoms with Crippen LogP contribution in [0, 0.1) is 0 Å². The fourth-order valence-corrected chi connectivity index (χ4v) is 1.85. The molecule has 0 atom stereocenters. The first-order chi connectivity index (χ1) is 9.85. The molecular formula is C20H29N. The van der Waals surface area contributed by atoms with E-state index >= 15 is 0 Å². The number of allylic oxidation sites excluding steroid dienone is 10. The molecule has 0 aromatic rings. The van der Waals surface area contributed by atoms with E-state index in [1.807, 2.05) is 25.2 Å². The fraction of sp³-hybridized carbons (Fsp3) is 0.300. The van der Waals surface area contributed by atoms with Crippen molar-refractivity contribution in [2.75, 3.05) is 0 Å². The Labute approximate surface area is 130 Å². The van der Waals surface area contributed by atoms with Crippen molar-refractivity contribution in [1.82, 2.24) is 0 Å². The second-order valence-electron chi connectivity index (χ2n) is 5.27. The van der Waals surface area contributed by atoms with Gasteiger partial charge >= 0.3 is 0 Å². The van der Waals surface area contributed by atoms with Crippen molar-refractivity contribution in [1.29, 1.82) is 0 Å². The molecule has 0 aromatic carbocycles. The molecule has 0 rings (SSSR count). The topological polar surface area (TPSA) is 26.0 Å². The van der Waals surface area contributed by atoms with Crippen LogP contribution < -0.4 is 5.73 Å². The summed E-state index contributed by atoms with van der Waals surface area (Å²) in [5, 5.41) is 0. The highest BCUT2D eigenvalue weighted by Crippen LogP contribution is 2.21. The standard InChI is InChI=1S/C20H29N/c1-8-11-16(5)13-20(21)14-17(6)18(7)19(10-3)12-15(4)9-2/h8,10-13H,1,3,6,9,14,21H2,2,4-5,7H3/b15-12+,16-11+,19-18+,20-13+. The normalized spacial score (nSPS) is 14.6. The number of hydrogen-bond acceptors (Lipinski definition) is 1. The van der Waals surface area contributed by atoms with Crippen LogP contribution in [0.2, 0.25) is 0 Å². The van der Waals surface area contributed by atoms with Crippen LogP contribution in [0.5, 0.6) is 0 Å². The van der Waals surface area contributed by atoms with E-state index in [0.717, 1.165) is 34.4 Å². The lowest BCUT2D eigenvalue weighted by atomic mass is 9.97. The molecule has 0 bridgehead atoms. The first-order valence-corrected chi connectivity index (χ1v) is 7.29. The number of rotatable bonds is 8. The SMILES string of the molecule is C=C/C=C(C)/C=C(/N)CC(=C)/C(C)=C(C=C)/C=C(\C)CC. The summed E-state index contributed by atoms with van der Waals surface area (Å²) < 4.78 is 0. The Morgan fingerprint density at radius 3 is 2.19 bits per heavy atom. The summed E-state index contributed by atoms with van der Waals surface area (Å²) in [5.74, 6) is 0. The second-order valence-corrected chi connectivity index (χ2v) is 5.27. The van der Waals surface area contributed by atoms with Gasteiger partial charge in [0.25, 0.3) is 0 Å². The molecule has 0 amide bonds. The molecule has 0 radical (unpaired) electrons. The Kier molecular flexibility index (Phi) is 8.87. The molecule has 0 spiro atoms. The molecule has 0 aliphatic rings. The number of hydrogen-bond donors (Lipinski definition) is 1. The molecule has 114 valence electrons. The molecule has 0 fully saturated rings. The summed E-state index contributed by atoms with van der Waals surface area (Å²) in [6, 6.07) is 0. The van der Waals surface area contributed by atoms with Crippen LogP contribution in [-0.2, 0) is 0 Å². The van der Waals surface area contributed by atoms with Crippen LogP contribution in [0.4, 0.5) is 0 Å². The van der Waals surface area contributed by atoms with Gasteiger partial charge in [-0.25, -0.2) is 0 Å². The van der Waals surface area contributed by atoms with E-state index in [1.54, 1.807) is 6.08 Å². The average molecular weight is 283 g/mol. The fourth-order valence-electron chi connectivity index (χ4n) is 1.85. The van der Waals surface area contributed by atoms with Crippen molar-refractivity contribution in [3.63, 3.8) is 0 Å². The van der Waals surface area contributed by atoms with E-state index in [-0.39, 0.29) is 0 Å². The quantitative estimate of drug-likeness (QED) is 0.562. The van der Waals surface area contributed by atoms with Crippen molar-refractivity contribution < 1.29 is 0 Å². The summed E-state index contributed by atoms with van der Waals surface area (Å²) >= 11 is 0. The van der Waals surface area contributed by atoms with Gasteiger partial charge in [0.1, 0.15) is 0 Å². The zero-order valence-electron chi connectivity index (χ0n) is 14.0. The van der Waals surface area contributed by atoms with Crippen molar-refractivity contribution in [2.45, 2.75) is 40.5 Å². The van der Waals surface area contributed by atoms with Gasteiger partial charge in [-0.3, -0.25) is 0 Å². The highest BCUT2D eigenvalue weighted by Gasteiger charge is 2.04. The lowest BCUT2D eigenvalue weighted by Crippen LogP contribution is -2.00. The zero-order valence-corrected chi connectivity index (χ0v) is 14.0. The smallest absolute Gasteiger partial charge is 0.0127 e. The van der Waals surface area contributed by atoms with Gasteiger partial charge in [-0.2, -0.15) is 0 Å². The molecule has 21 heavy (non-hydrogen) atoms. The van der Waals surface area contributed by atoms with E-state index in [9.17, 15) is 0 Å².